The van der Waals surface area contributed by atoms with Crippen LogP contribution in [0.2, 0.25) is 0 Å². The quantitative estimate of drug-likeness (QED) is 0.879. The van der Waals surface area contributed by atoms with Crippen LogP contribution in [0.3, 0.4) is 0 Å². The van der Waals surface area contributed by atoms with Gasteiger partial charge in [0, 0.05) is 17.5 Å². The van der Waals surface area contributed by atoms with E-state index in [0.717, 1.165) is 12.8 Å². The minimum absolute atomic E-state index is 0.0516. The van der Waals surface area contributed by atoms with Crippen LogP contribution in [-0.4, -0.2) is 27.3 Å². The number of rotatable bonds is 3. The molecular weight excluding hydrogens is 274 g/mol. The van der Waals surface area contributed by atoms with Gasteiger partial charge in [0.15, 0.2) is 0 Å². The highest BCUT2D eigenvalue weighted by atomic mass is 32.2. The summed E-state index contributed by atoms with van der Waals surface area (Å²) in [5.41, 5.74) is 6.61. The van der Waals surface area contributed by atoms with Gasteiger partial charge in [0.1, 0.15) is 5.84 Å². The normalized spacial score (nSPS) is 24.6. The lowest BCUT2D eigenvalue weighted by atomic mass is 9.86. The van der Waals surface area contributed by atoms with Crippen LogP contribution in [0.4, 0.5) is 0 Å². The highest BCUT2D eigenvalue weighted by molar-refractivity contribution is 7.90. The maximum Gasteiger partial charge on any atom is 0.263 e. The molecule has 6 heteroatoms. The van der Waals surface area contributed by atoms with E-state index in [0.29, 0.717) is 29.4 Å². The number of nitrogens with zero attached hydrogens (tertiary/aromatic N) is 1. The molecule has 0 aromatic heterocycles. The number of amidine groups is 1. The second-order valence-corrected chi connectivity index (χ2v) is 7.33. The molecule has 0 atom stereocenters. The number of hydrogen-bond donors (Lipinski definition) is 2. The predicted octanol–water partition coefficient (Wildman–Crippen LogP) is 1.24. The summed E-state index contributed by atoms with van der Waals surface area (Å²) in [7, 11) is -3.44. The topological polar surface area (TPSA) is 84.5 Å². The molecule has 1 aliphatic carbocycles. The van der Waals surface area contributed by atoms with Crippen LogP contribution in [0.15, 0.2) is 34.2 Å². The van der Waals surface area contributed by atoms with E-state index < -0.39 is 10.0 Å². The van der Waals surface area contributed by atoms with Crippen LogP contribution in [0.1, 0.15) is 31.2 Å². The maximum absolute atomic E-state index is 12.0. The fourth-order valence-corrected chi connectivity index (χ4v) is 4.30. The number of aliphatic imine (C=N–C) groups is 1. The predicted molar refractivity (Wildman–Crippen MR) is 78.1 cm³/mol. The lowest BCUT2D eigenvalue weighted by Crippen LogP contribution is -2.32. The maximum atomic E-state index is 12.0. The van der Waals surface area contributed by atoms with Crippen molar-refractivity contribution in [1.29, 1.82) is 0 Å². The van der Waals surface area contributed by atoms with Gasteiger partial charge in [0.25, 0.3) is 10.0 Å². The smallest absolute Gasteiger partial charge is 0.263 e. The first-order valence-corrected chi connectivity index (χ1v) is 8.41. The Morgan fingerprint density at radius 2 is 1.95 bits per heavy atom. The number of fused-ring (bicyclic) bond motifs is 1. The van der Waals surface area contributed by atoms with E-state index in [-0.39, 0.29) is 5.41 Å². The molecule has 0 unspecified atom stereocenters. The summed E-state index contributed by atoms with van der Waals surface area (Å²) in [6.45, 7) is 1.20. The SMILES string of the molecule is NCC1(CN=C2NS(=O)(=O)c3ccccc32)CCCC1. The van der Waals surface area contributed by atoms with Gasteiger partial charge in [-0.1, -0.05) is 25.0 Å². The van der Waals surface area contributed by atoms with Crippen molar-refractivity contribution in [2.45, 2.75) is 30.6 Å². The Labute approximate surface area is 119 Å². The van der Waals surface area contributed by atoms with Crippen molar-refractivity contribution in [2.24, 2.45) is 16.1 Å². The minimum atomic E-state index is -3.44. The van der Waals surface area contributed by atoms with Crippen molar-refractivity contribution in [3.63, 3.8) is 0 Å². The number of benzene rings is 1. The van der Waals surface area contributed by atoms with Crippen molar-refractivity contribution < 1.29 is 8.42 Å². The lowest BCUT2D eigenvalue weighted by molar-refractivity contribution is 0.322. The summed E-state index contributed by atoms with van der Waals surface area (Å²) in [5.74, 6) is 0.459. The summed E-state index contributed by atoms with van der Waals surface area (Å²) in [6, 6.07) is 6.94. The average Bonchev–Trinajstić information content (AvgIpc) is 3.01. The molecule has 0 spiro atoms. The summed E-state index contributed by atoms with van der Waals surface area (Å²) in [5, 5.41) is 0. The van der Waals surface area contributed by atoms with Gasteiger partial charge in [-0.25, -0.2) is 8.42 Å². The molecular formula is C14H19N3O2S. The first kappa shape index (κ1) is 13.6. The summed E-state index contributed by atoms with van der Waals surface area (Å²) in [4.78, 5) is 4.84. The number of nitrogens with two attached hydrogens (primary N) is 1. The van der Waals surface area contributed by atoms with Crippen LogP contribution in [0.25, 0.3) is 0 Å². The summed E-state index contributed by atoms with van der Waals surface area (Å²) in [6.07, 6.45) is 4.53. The van der Waals surface area contributed by atoms with E-state index in [1.54, 1.807) is 18.2 Å². The van der Waals surface area contributed by atoms with Gasteiger partial charge in [-0.05, 0) is 31.5 Å². The molecule has 0 amide bonds. The highest BCUT2D eigenvalue weighted by Gasteiger charge is 2.34. The third-order valence-corrected chi connectivity index (χ3v) is 5.73. The molecule has 108 valence electrons. The molecule has 3 N–H and O–H groups in total. The van der Waals surface area contributed by atoms with Crippen LogP contribution in [0.5, 0.6) is 0 Å². The van der Waals surface area contributed by atoms with Crippen molar-refractivity contribution in [1.82, 2.24) is 4.72 Å². The molecule has 1 aromatic carbocycles. The third-order valence-electron chi connectivity index (χ3n) is 4.33. The van der Waals surface area contributed by atoms with Gasteiger partial charge in [-0.2, -0.15) is 0 Å². The fraction of sp³-hybridized carbons (Fsp3) is 0.500. The van der Waals surface area contributed by atoms with Crippen molar-refractivity contribution >= 4 is 15.9 Å². The number of hydrogen-bond acceptors (Lipinski definition) is 4. The third kappa shape index (κ3) is 2.23. The van der Waals surface area contributed by atoms with Crippen LogP contribution >= 0.6 is 0 Å². The van der Waals surface area contributed by atoms with Crippen LogP contribution in [0, 0.1) is 5.41 Å². The van der Waals surface area contributed by atoms with Gasteiger partial charge < -0.3 is 5.73 Å². The van der Waals surface area contributed by atoms with Crippen molar-refractivity contribution in [3.05, 3.63) is 29.8 Å². The Morgan fingerprint density at radius 3 is 2.65 bits per heavy atom. The lowest BCUT2D eigenvalue weighted by Gasteiger charge is -2.24. The summed E-state index contributed by atoms with van der Waals surface area (Å²) < 4.78 is 26.5. The van der Waals surface area contributed by atoms with E-state index in [1.165, 1.54) is 12.8 Å². The highest BCUT2D eigenvalue weighted by Crippen LogP contribution is 2.37. The Hall–Kier alpha value is -1.40. The Kier molecular flexibility index (Phi) is 3.30. The van der Waals surface area contributed by atoms with E-state index >= 15 is 0 Å². The van der Waals surface area contributed by atoms with E-state index in [1.807, 2.05) is 6.07 Å². The van der Waals surface area contributed by atoms with Crippen LogP contribution in [-0.2, 0) is 10.0 Å². The standard InChI is InChI=1S/C14H19N3O2S/c15-9-14(7-3-4-8-14)10-16-13-11-5-1-2-6-12(11)20(18,19)17-13/h1-2,5-6H,3-4,7-10,15H2,(H,16,17). The fourth-order valence-electron chi connectivity index (χ4n) is 3.05. The first-order chi connectivity index (χ1) is 9.56. The van der Waals surface area contributed by atoms with Gasteiger partial charge >= 0.3 is 0 Å². The molecule has 1 aromatic rings. The van der Waals surface area contributed by atoms with E-state index in [9.17, 15) is 8.42 Å². The first-order valence-electron chi connectivity index (χ1n) is 6.93. The zero-order valence-electron chi connectivity index (χ0n) is 11.3. The minimum Gasteiger partial charge on any atom is -0.330 e. The molecule has 5 nitrogen and oxygen atoms in total. The molecule has 1 aliphatic heterocycles. The van der Waals surface area contributed by atoms with Crippen molar-refractivity contribution in [3.8, 4) is 0 Å². The molecule has 2 aliphatic rings. The Bertz CT molecular complexity index is 646. The Morgan fingerprint density at radius 1 is 1.25 bits per heavy atom. The van der Waals surface area contributed by atoms with Gasteiger partial charge in [-0.15, -0.1) is 0 Å². The summed E-state index contributed by atoms with van der Waals surface area (Å²) >= 11 is 0. The molecule has 1 fully saturated rings. The largest absolute Gasteiger partial charge is 0.330 e. The molecule has 3 rings (SSSR count). The van der Waals surface area contributed by atoms with Crippen LogP contribution < -0.4 is 10.5 Å². The Balaban J connectivity index is 1.91. The zero-order valence-corrected chi connectivity index (χ0v) is 12.1. The average molecular weight is 293 g/mol. The molecule has 1 heterocycles. The molecule has 0 radical (unpaired) electrons. The van der Waals surface area contributed by atoms with Gasteiger partial charge in [-0.3, -0.25) is 9.71 Å². The van der Waals surface area contributed by atoms with Gasteiger partial charge in [0.2, 0.25) is 0 Å². The molecule has 0 bridgehead atoms. The molecule has 0 saturated heterocycles. The van der Waals surface area contributed by atoms with Crippen molar-refractivity contribution in [2.75, 3.05) is 13.1 Å². The number of sulfonamides is 1. The molecule has 1 saturated carbocycles. The van der Waals surface area contributed by atoms with E-state index in [4.69, 9.17) is 5.73 Å². The van der Waals surface area contributed by atoms with Gasteiger partial charge in [0.05, 0.1) is 4.90 Å². The van der Waals surface area contributed by atoms with E-state index in [2.05, 4.69) is 9.71 Å². The second-order valence-electron chi connectivity index (χ2n) is 5.68. The monoisotopic (exact) mass is 293 g/mol. The number of nitrogens with one attached hydrogen (secondary N) is 1. The molecule has 20 heavy (non-hydrogen) atoms. The zero-order chi connectivity index (χ0) is 14.2. The second kappa shape index (κ2) is 4.86.